The van der Waals surface area contributed by atoms with E-state index < -0.39 is 0 Å². The quantitative estimate of drug-likeness (QED) is 0.707. The van der Waals surface area contributed by atoms with Crippen molar-refractivity contribution in [2.75, 3.05) is 23.7 Å². The maximum absolute atomic E-state index is 12.2. The first-order valence-corrected chi connectivity index (χ1v) is 9.34. The number of nitrogens with one attached hydrogen (secondary N) is 3. The smallest absolute Gasteiger partial charge is 0.224 e. The first kappa shape index (κ1) is 19.4. The lowest BCUT2D eigenvalue weighted by atomic mass is 9.85. The molecule has 138 valence electrons. The number of anilines is 2. The predicted octanol–water partition coefficient (Wildman–Crippen LogP) is 3.64. The lowest BCUT2D eigenvalue weighted by molar-refractivity contribution is -0.118. The van der Waals surface area contributed by atoms with E-state index in [0.29, 0.717) is 30.6 Å². The third kappa shape index (κ3) is 6.86. The third-order valence-corrected chi connectivity index (χ3v) is 4.69. The minimum atomic E-state index is 0.0155. The predicted molar refractivity (Wildman–Crippen MR) is 103 cm³/mol. The van der Waals surface area contributed by atoms with E-state index >= 15 is 0 Å². The second-order valence-corrected chi connectivity index (χ2v) is 7.56. The van der Waals surface area contributed by atoms with E-state index in [1.165, 1.54) is 12.8 Å². The van der Waals surface area contributed by atoms with Crippen LogP contribution in [-0.4, -0.2) is 24.9 Å². The Morgan fingerprint density at radius 1 is 1.04 bits per heavy atom. The Hall–Kier alpha value is -1.88. The summed E-state index contributed by atoms with van der Waals surface area (Å²) in [7, 11) is 0. The van der Waals surface area contributed by atoms with Gasteiger partial charge in [0.1, 0.15) is 0 Å². The van der Waals surface area contributed by atoms with Gasteiger partial charge in [-0.3, -0.25) is 9.59 Å². The van der Waals surface area contributed by atoms with Gasteiger partial charge in [0.2, 0.25) is 11.8 Å². The summed E-state index contributed by atoms with van der Waals surface area (Å²) in [4.78, 5) is 24.0. The normalized spacial score (nSPS) is 18.6. The van der Waals surface area contributed by atoms with E-state index in [4.69, 9.17) is 0 Å². The Labute approximate surface area is 151 Å². The molecule has 2 amide bonds. The summed E-state index contributed by atoms with van der Waals surface area (Å²) in [6, 6.07) is 7.30. The SMILES string of the molecule is CC(C)CC(=O)Nc1ccc(NC(=O)CC(C)C2CCCNC2)cc1. The van der Waals surface area contributed by atoms with Crippen molar-refractivity contribution in [3.8, 4) is 0 Å². The minimum absolute atomic E-state index is 0.0155. The standard InChI is InChI=1S/C20H31N3O2/c1-14(2)11-19(24)22-17-6-8-18(9-7-17)23-20(25)12-15(3)16-5-4-10-21-13-16/h6-9,14-16,21H,4-5,10-13H2,1-3H3,(H,22,24)(H,23,25). The van der Waals surface area contributed by atoms with Crippen LogP contribution in [0.15, 0.2) is 24.3 Å². The molecule has 1 aromatic carbocycles. The average Bonchev–Trinajstić information content (AvgIpc) is 2.56. The number of hydrogen-bond donors (Lipinski definition) is 3. The van der Waals surface area contributed by atoms with Gasteiger partial charge in [-0.2, -0.15) is 0 Å². The molecule has 0 radical (unpaired) electrons. The average molecular weight is 345 g/mol. The lowest BCUT2D eigenvalue weighted by Crippen LogP contribution is -2.34. The van der Waals surface area contributed by atoms with E-state index in [9.17, 15) is 9.59 Å². The molecule has 0 spiro atoms. The number of carbonyl (C=O) groups is 2. The number of carbonyl (C=O) groups excluding carboxylic acids is 2. The highest BCUT2D eigenvalue weighted by Gasteiger charge is 2.22. The Morgan fingerprint density at radius 2 is 1.60 bits per heavy atom. The zero-order valence-corrected chi connectivity index (χ0v) is 15.6. The molecule has 5 nitrogen and oxygen atoms in total. The maximum atomic E-state index is 12.2. The number of rotatable bonds is 7. The summed E-state index contributed by atoms with van der Waals surface area (Å²) in [5.74, 6) is 1.36. The van der Waals surface area contributed by atoms with Crippen LogP contribution in [-0.2, 0) is 9.59 Å². The minimum Gasteiger partial charge on any atom is -0.326 e. The number of hydrogen-bond acceptors (Lipinski definition) is 3. The van der Waals surface area contributed by atoms with Crippen molar-refractivity contribution < 1.29 is 9.59 Å². The molecule has 1 heterocycles. The van der Waals surface area contributed by atoms with E-state index in [1.807, 2.05) is 38.1 Å². The van der Waals surface area contributed by atoms with E-state index in [2.05, 4.69) is 22.9 Å². The zero-order chi connectivity index (χ0) is 18.2. The summed E-state index contributed by atoms with van der Waals surface area (Å²) in [5.41, 5.74) is 1.52. The molecule has 25 heavy (non-hydrogen) atoms. The highest BCUT2D eigenvalue weighted by Crippen LogP contribution is 2.23. The van der Waals surface area contributed by atoms with E-state index in [0.717, 1.165) is 24.5 Å². The van der Waals surface area contributed by atoms with Gasteiger partial charge in [0.05, 0.1) is 0 Å². The Bertz CT molecular complexity index is 563. The summed E-state index contributed by atoms with van der Waals surface area (Å²) < 4.78 is 0. The first-order valence-electron chi connectivity index (χ1n) is 9.34. The van der Waals surface area contributed by atoms with Crippen LogP contribution >= 0.6 is 0 Å². The fraction of sp³-hybridized carbons (Fsp3) is 0.600. The van der Waals surface area contributed by atoms with Crippen LogP contribution in [0.1, 0.15) is 46.5 Å². The van der Waals surface area contributed by atoms with Gasteiger partial charge in [0.25, 0.3) is 0 Å². The van der Waals surface area contributed by atoms with Gasteiger partial charge in [-0.1, -0.05) is 20.8 Å². The van der Waals surface area contributed by atoms with Crippen molar-refractivity contribution in [3.63, 3.8) is 0 Å². The van der Waals surface area contributed by atoms with Crippen molar-refractivity contribution in [1.29, 1.82) is 0 Å². The topological polar surface area (TPSA) is 70.2 Å². The van der Waals surface area contributed by atoms with Crippen LogP contribution in [0, 0.1) is 17.8 Å². The molecule has 1 aliphatic rings. The molecule has 2 atom stereocenters. The molecular weight excluding hydrogens is 314 g/mol. The second kappa shape index (κ2) is 9.56. The van der Waals surface area contributed by atoms with Gasteiger partial charge in [0.15, 0.2) is 0 Å². The van der Waals surface area contributed by atoms with Gasteiger partial charge in [-0.05, 0) is 68.0 Å². The number of amides is 2. The van der Waals surface area contributed by atoms with Gasteiger partial charge in [0, 0.05) is 24.2 Å². The molecule has 1 fully saturated rings. The first-order chi connectivity index (χ1) is 11.9. The van der Waals surface area contributed by atoms with Crippen LogP contribution in [0.3, 0.4) is 0 Å². The highest BCUT2D eigenvalue weighted by molar-refractivity contribution is 5.93. The van der Waals surface area contributed by atoms with Gasteiger partial charge in [-0.15, -0.1) is 0 Å². The molecule has 5 heteroatoms. The van der Waals surface area contributed by atoms with Crippen molar-refractivity contribution in [2.45, 2.75) is 46.5 Å². The van der Waals surface area contributed by atoms with Crippen LogP contribution in [0.25, 0.3) is 0 Å². The van der Waals surface area contributed by atoms with E-state index in [-0.39, 0.29) is 11.8 Å². The fourth-order valence-electron chi connectivity index (χ4n) is 3.26. The monoisotopic (exact) mass is 345 g/mol. The third-order valence-electron chi connectivity index (χ3n) is 4.69. The van der Waals surface area contributed by atoms with Crippen molar-refractivity contribution in [1.82, 2.24) is 5.32 Å². The fourth-order valence-corrected chi connectivity index (χ4v) is 3.26. The van der Waals surface area contributed by atoms with Gasteiger partial charge in [-0.25, -0.2) is 0 Å². The Morgan fingerprint density at radius 3 is 2.08 bits per heavy atom. The van der Waals surface area contributed by atoms with Crippen LogP contribution < -0.4 is 16.0 Å². The Balaban J connectivity index is 1.79. The molecule has 3 N–H and O–H groups in total. The summed E-state index contributed by atoms with van der Waals surface area (Å²) >= 11 is 0. The number of benzene rings is 1. The summed E-state index contributed by atoms with van der Waals surface area (Å²) in [6.07, 6.45) is 3.44. The molecular formula is C20H31N3O2. The van der Waals surface area contributed by atoms with Gasteiger partial charge >= 0.3 is 0 Å². The second-order valence-electron chi connectivity index (χ2n) is 7.56. The molecule has 1 aromatic rings. The van der Waals surface area contributed by atoms with Crippen molar-refractivity contribution in [3.05, 3.63) is 24.3 Å². The van der Waals surface area contributed by atoms with Crippen LogP contribution in [0.2, 0.25) is 0 Å². The summed E-state index contributed by atoms with van der Waals surface area (Å²) in [5, 5.41) is 9.23. The molecule has 2 unspecified atom stereocenters. The maximum Gasteiger partial charge on any atom is 0.224 e. The largest absolute Gasteiger partial charge is 0.326 e. The zero-order valence-electron chi connectivity index (χ0n) is 15.6. The molecule has 2 rings (SSSR count). The molecule has 0 saturated carbocycles. The van der Waals surface area contributed by atoms with Crippen molar-refractivity contribution in [2.24, 2.45) is 17.8 Å². The van der Waals surface area contributed by atoms with E-state index in [1.54, 1.807) is 0 Å². The molecule has 1 aliphatic heterocycles. The molecule has 0 aromatic heterocycles. The Kier molecular flexibility index (Phi) is 7.44. The van der Waals surface area contributed by atoms with Crippen LogP contribution in [0.5, 0.6) is 0 Å². The number of piperidine rings is 1. The van der Waals surface area contributed by atoms with Gasteiger partial charge < -0.3 is 16.0 Å². The van der Waals surface area contributed by atoms with Crippen molar-refractivity contribution >= 4 is 23.2 Å². The molecule has 0 bridgehead atoms. The summed E-state index contributed by atoms with van der Waals surface area (Å²) in [6.45, 7) is 8.30. The molecule has 0 aliphatic carbocycles. The molecule has 1 saturated heterocycles. The lowest BCUT2D eigenvalue weighted by Gasteiger charge is -2.28. The highest BCUT2D eigenvalue weighted by atomic mass is 16.2. The van der Waals surface area contributed by atoms with Crippen LogP contribution in [0.4, 0.5) is 11.4 Å².